The largest absolute Gasteiger partial charge is 0.462 e. The molecular formula is C59H98O6. The van der Waals surface area contributed by atoms with Gasteiger partial charge in [-0.25, -0.2) is 0 Å². The molecule has 65 heavy (non-hydrogen) atoms. The Morgan fingerprint density at radius 3 is 1.00 bits per heavy atom. The number of unbranched alkanes of at least 4 members (excludes halogenated alkanes) is 20. The molecule has 0 amide bonds. The summed E-state index contributed by atoms with van der Waals surface area (Å²) in [4.78, 5) is 37.7. The topological polar surface area (TPSA) is 78.9 Å². The van der Waals surface area contributed by atoms with E-state index in [1.807, 2.05) is 12.2 Å². The molecule has 1 atom stereocenters. The summed E-state index contributed by atoms with van der Waals surface area (Å²) in [6.07, 6.45) is 70.1. The summed E-state index contributed by atoms with van der Waals surface area (Å²) in [6.45, 7) is 6.30. The van der Waals surface area contributed by atoms with Gasteiger partial charge in [0.05, 0.1) is 0 Å². The Kier molecular flexibility index (Phi) is 50.0. The predicted molar refractivity (Wildman–Crippen MR) is 279 cm³/mol. The van der Waals surface area contributed by atoms with Gasteiger partial charge in [0, 0.05) is 19.3 Å². The number of rotatable bonds is 47. The molecule has 0 aromatic rings. The Morgan fingerprint density at radius 2 is 0.631 bits per heavy atom. The van der Waals surface area contributed by atoms with Crippen molar-refractivity contribution < 1.29 is 28.6 Å². The van der Waals surface area contributed by atoms with E-state index in [1.165, 1.54) is 103 Å². The summed E-state index contributed by atoms with van der Waals surface area (Å²) in [5, 5.41) is 0. The van der Waals surface area contributed by atoms with Crippen molar-refractivity contribution >= 4 is 17.9 Å². The van der Waals surface area contributed by atoms with Gasteiger partial charge in [-0.15, -0.1) is 0 Å². The summed E-state index contributed by atoms with van der Waals surface area (Å²) in [5.41, 5.74) is 0. The highest BCUT2D eigenvalue weighted by atomic mass is 16.6. The molecule has 0 radical (unpaired) electrons. The van der Waals surface area contributed by atoms with Crippen molar-refractivity contribution in [1.29, 1.82) is 0 Å². The Hall–Kier alpha value is -3.67. The van der Waals surface area contributed by atoms with Crippen LogP contribution in [0.2, 0.25) is 0 Å². The zero-order valence-electron chi connectivity index (χ0n) is 42.2. The number of carbonyl (C=O) groups excluding carboxylic acids is 3. The maximum absolute atomic E-state index is 12.7. The van der Waals surface area contributed by atoms with E-state index in [1.54, 1.807) is 0 Å². The van der Waals surface area contributed by atoms with E-state index in [-0.39, 0.29) is 31.6 Å². The minimum absolute atomic E-state index is 0.105. The van der Waals surface area contributed by atoms with Crippen molar-refractivity contribution in [2.75, 3.05) is 13.2 Å². The molecular weight excluding hydrogens is 805 g/mol. The molecule has 0 heterocycles. The Morgan fingerprint density at radius 1 is 0.323 bits per heavy atom. The molecule has 0 aliphatic rings. The summed E-state index contributed by atoms with van der Waals surface area (Å²) in [7, 11) is 0. The molecule has 0 fully saturated rings. The first-order chi connectivity index (χ1) is 32.0. The highest BCUT2D eigenvalue weighted by Gasteiger charge is 2.19. The third kappa shape index (κ3) is 51.2. The summed E-state index contributed by atoms with van der Waals surface area (Å²) >= 11 is 0. The summed E-state index contributed by atoms with van der Waals surface area (Å²) in [6, 6.07) is 0. The Bertz CT molecular complexity index is 1310. The number of esters is 3. The van der Waals surface area contributed by atoms with Crippen molar-refractivity contribution in [3.63, 3.8) is 0 Å². The molecule has 0 bridgehead atoms. The van der Waals surface area contributed by atoms with Crippen LogP contribution in [0.1, 0.15) is 239 Å². The van der Waals surface area contributed by atoms with Crippen LogP contribution in [0.5, 0.6) is 0 Å². The minimum Gasteiger partial charge on any atom is -0.462 e. The average Bonchev–Trinajstić information content (AvgIpc) is 3.30. The molecule has 6 heteroatoms. The molecule has 0 aliphatic carbocycles. The number of hydrogen-bond acceptors (Lipinski definition) is 6. The number of hydrogen-bond donors (Lipinski definition) is 0. The average molecular weight is 903 g/mol. The number of allylic oxidation sites excluding steroid dienone is 16. The summed E-state index contributed by atoms with van der Waals surface area (Å²) in [5.74, 6) is -0.997. The zero-order chi connectivity index (χ0) is 47.2. The standard InChI is InChI=1S/C59H98O6/c1-4-7-10-13-16-18-20-22-23-24-25-26-27-28-29-30-31-32-33-34-35-37-38-40-43-46-49-52-58(61)64-55-56(54-63-57(60)51-48-45-42-15-12-9-6-3)65-59(62)53-50-47-44-41-39-36-21-19-17-14-11-8-5-2/h7-8,10-11,16-19,22-23,25-26,36,39,44,47,56H,4-6,9,12-15,20-21,24,27-35,37-38,40-43,45-46,48-55H2,1-3H3/b10-7-,11-8-,18-16-,19-17-,23-22-,26-25-,39-36-,47-44-. The van der Waals surface area contributed by atoms with Gasteiger partial charge in [-0.1, -0.05) is 234 Å². The number of carbonyl (C=O) groups is 3. The first-order valence-corrected chi connectivity index (χ1v) is 26.7. The van der Waals surface area contributed by atoms with Gasteiger partial charge in [-0.3, -0.25) is 14.4 Å². The molecule has 1 unspecified atom stereocenters. The van der Waals surface area contributed by atoms with Crippen LogP contribution >= 0.6 is 0 Å². The predicted octanol–water partition coefficient (Wildman–Crippen LogP) is 17.8. The van der Waals surface area contributed by atoms with E-state index in [2.05, 4.69) is 106 Å². The highest BCUT2D eigenvalue weighted by Crippen LogP contribution is 2.15. The van der Waals surface area contributed by atoms with Crippen molar-refractivity contribution in [3.8, 4) is 0 Å². The van der Waals surface area contributed by atoms with Crippen LogP contribution in [0.15, 0.2) is 97.2 Å². The van der Waals surface area contributed by atoms with Crippen LogP contribution in [-0.4, -0.2) is 37.2 Å². The second-order valence-corrected chi connectivity index (χ2v) is 17.4. The van der Waals surface area contributed by atoms with E-state index >= 15 is 0 Å². The van der Waals surface area contributed by atoms with Crippen LogP contribution in [0.3, 0.4) is 0 Å². The van der Waals surface area contributed by atoms with Gasteiger partial charge in [0.25, 0.3) is 0 Å². The van der Waals surface area contributed by atoms with Gasteiger partial charge >= 0.3 is 17.9 Å². The lowest BCUT2D eigenvalue weighted by Crippen LogP contribution is -2.30. The van der Waals surface area contributed by atoms with Crippen molar-refractivity contribution in [3.05, 3.63) is 97.2 Å². The quantitative estimate of drug-likeness (QED) is 0.0262. The third-order valence-electron chi connectivity index (χ3n) is 11.1. The molecule has 6 nitrogen and oxygen atoms in total. The first-order valence-electron chi connectivity index (χ1n) is 26.7. The van der Waals surface area contributed by atoms with Gasteiger partial charge < -0.3 is 14.2 Å². The Labute approximate surface area is 400 Å². The Balaban J connectivity index is 4.16. The lowest BCUT2D eigenvalue weighted by molar-refractivity contribution is -0.166. The van der Waals surface area contributed by atoms with Crippen molar-refractivity contribution in [2.24, 2.45) is 0 Å². The fourth-order valence-corrected chi connectivity index (χ4v) is 7.15. The zero-order valence-corrected chi connectivity index (χ0v) is 42.2. The van der Waals surface area contributed by atoms with Gasteiger partial charge in [-0.05, 0) is 83.5 Å². The van der Waals surface area contributed by atoms with Gasteiger partial charge in [0.2, 0.25) is 0 Å². The van der Waals surface area contributed by atoms with Gasteiger partial charge in [0.1, 0.15) is 13.2 Å². The molecule has 0 saturated heterocycles. The molecule has 0 aliphatic heterocycles. The van der Waals surface area contributed by atoms with Gasteiger partial charge in [-0.2, -0.15) is 0 Å². The highest BCUT2D eigenvalue weighted by molar-refractivity contribution is 5.71. The number of ether oxygens (including phenoxy) is 3. The molecule has 0 aromatic heterocycles. The maximum Gasteiger partial charge on any atom is 0.306 e. The normalized spacial score (nSPS) is 12.8. The van der Waals surface area contributed by atoms with Crippen LogP contribution in [0.25, 0.3) is 0 Å². The third-order valence-corrected chi connectivity index (χ3v) is 11.1. The molecule has 0 N–H and O–H groups in total. The molecule has 0 saturated carbocycles. The fourth-order valence-electron chi connectivity index (χ4n) is 7.15. The van der Waals surface area contributed by atoms with E-state index in [9.17, 15) is 14.4 Å². The van der Waals surface area contributed by atoms with E-state index < -0.39 is 12.1 Å². The molecule has 0 aromatic carbocycles. The SMILES string of the molecule is CC/C=C\C/C=C\C/C=C\C/C=C\CCCCCCCCCCCCCCCCC(=O)OCC(COC(=O)CCCCCCCCC)OC(=O)CC/C=C\C/C=C\C/C=C\C/C=C\CC. The molecule has 0 spiro atoms. The second-order valence-electron chi connectivity index (χ2n) is 17.4. The first kappa shape index (κ1) is 61.3. The summed E-state index contributed by atoms with van der Waals surface area (Å²) < 4.78 is 16.6. The van der Waals surface area contributed by atoms with E-state index in [0.29, 0.717) is 19.3 Å². The van der Waals surface area contributed by atoms with Gasteiger partial charge in [0.15, 0.2) is 6.10 Å². The second kappa shape index (κ2) is 52.9. The lowest BCUT2D eigenvalue weighted by Gasteiger charge is -2.18. The van der Waals surface area contributed by atoms with Crippen molar-refractivity contribution in [1.82, 2.24) is 0 Å². The van der Waals surface area contributed by atoms with Crippen molar-refractivity contribution in [2.45, 2.75) is 245 Å². The lowest BCUT2D eigenvalue weighted by atomic mass is 10.0. The monoisotopic (exact) mass is 903 g/mol. The van der Waals surface area contributed by atoms with Crippen LogP contribution in [0.4, 0.5) is 0 Å². The molecule has 0 rings (SSSR count). The fraction of sp³-hybridized carbons (Fsp3) is 0.678. The van der Waals surface area contributed by atoms with Crippen LogP contribution < -0.4 is 0 Å². The van der Waals surface area contributed by atoms with Crippen LogP contribution in [0, 0.1) is 0 Å². The van der Waals surface area contributed by atoms with Crippen LogP contribution in [-0.2, 0) is 28.6 Å². The minimum atomic E-state index is -0.811. The maximum atomic E-state index is 12.7. The van der Waals surface area contributed by atoms with E-state index in [0.717, 1.165) is 89.9 Å². The molecule has 370 valence electrons. The smallest absolute Gasteiger partial charge is 0.306 e. The van der Waals surface area contributed by atoms with E-state index in [4.69, 9.17) is 14.2 Å².